The molecule has 3 N–H and O–H groups in total. The molecule has 0 spiro atoms. The minimum Gasteiger partial charge on any atom is -0.370 e. The number of likely N-dealkylation sites (tertiary alicyclic amines) is 1. The highest BCUT2D eigenvalue weighted by Gasteiger charge is 2.26. The van der Waals surface area contributed by atoms with Crippen LogP contribution in [0.5, 0.6) is 0 Å². The molecule has 0 bridgehead atoms. The lowest BCUT2D eigenvalue weighted by atomic mass is 9.95. The normalized spacial score (nSPS) is 19.2. The Morgan fingerprint density at radius 2 is 2.09 bits per heavy atom. The van der Waals surface area contributed by atoms with Crippen molar-refractivity contribution in [3.05, 3.63) is 0 Å². The first-order valence-electron chi connectivity index (χ1n) is 7.62. The number of guanidine groups is 1. The molecule has 0 aromatic rings. The van der Waals surface area contributed by atoms with Crippen molar-refractivity contribution in [1.29, 1.82) is 0 Å². The first-order chi connectivity index (χ1) is 10.3. The van der Waals surface area contributed by atoms with Gasteiger partial charge >= 0.3 is 6.18 Å². The fourth-order valence-electron chi connectivity index (χ4n) is 2.69. The van der Waals surface area contributed by atoms with Gasteiger partial charge in [-0.05, 0) is 31.6 Å². The summed E-state index contributed by atoms with van der Waals surface area (Å²) in [5.41, 5.74) is 5.23. The SMILES string of the molecule is CN=C(NCCCCC(F)(F)F)N1CCCC(CC(N)=O)C1.I. The molecule has 0 saturated carbocycles. The minimum absolute atomic E-state index is 0. The van der Waals surface area contributed by atoms with Crippen molar-refractivity contribution in [3.63, 3.8) is 0 Å². The third-order valence-electron chi connectivity index (χ3n) is 3.69. The zero-order valence-electron chi connectivity index (χ0n) is 13.4. The van der Waals surface area contributed by atoms with Gasteiger partial charge in [0.15, 0.2) is 5.96 Å². The fraction of sp³-hybridized carbons (Fsp3) is 0.857. The van der Waals surface area contributed by atoms with E-state index in [0.29, 0.717) is 31.9 Å². The van der Waals surface area contributed by atoms with Crippen LogP contribution in [0.15, 0.2) is 4.99 Å². The molecule has 1 fully saturated rings. The number of nitrogens with zero attached hydrogens (tertiary/aromatic N) is 2. The summed E-state index contributed by atoms with van der Waals surface area (Å²) in [6.07, 6.45) is -2.02. The van der Waals surface area contributed by atoms with Crippen molar-refractivity contribution in [3.8, 4) is 0 Å². The Labute approximate surface area is 152 Å². The van der Waals surface area contributed by atoms with Crippen LogP contribution in [0.4, 0.5) is 13.2 Å². The number of halogens is 4. The van der Waals surface area contributed by atoms with Gasteiger partial charge in [0.05, 0.1) is 0 Å². The van der Waals surface area contributed by atoms with E-state index in [1.54, 1.807) is 7.05 Å². The monoisotopic (exact) mass is 450 g/mol. The van der Waals surface area contributed by atoms with Crippen LogP contribution in [0, 0.1) is 5.92 Å². The Bertz CT molecular complexity index is 391. The van der Waals surface area contributed by atoms with Gasteiger partial charge < -0.3 is 16.0 Å². The lowest BCUT2D eigenvalue weighted by molar-refractivity contribution is -0.135. The standard InChI is InChI=1S/C14H25F3N4O.HI/c1-19-13(20-7-3-2-6-14(15,16)17)21-8-4-5-11(10-21)9-12(18)22;/h11H,2-10H2,1H3,(H2,18,22)(H,19,20);1H. The second-order valence-electron chi connectivity index (χ2n) is 5.67. The number of hydrogen-bond acceptors (Lipinski definition) is 2. The number of nitrogens with two attached hydrogens (primary N) is 1. The van der Waals surface area contributed by atoms with Crippen molar-refractivity contribution in [2.45, 2.75) is 44.7 Å². The van der Waals surface area contributed by atoms with Gasteiger partial charge in [0, 0.05) is 39.5 Å². The van der Waals surface area contributed by atoms with Gasteiger partial charge in [-0.3, -0.25) is 9.79 Å². The van der Waals surface area contributed by atoms with Gasteiger partial charge in [0.1, 0.15) is 0 Å². The van der Waals surface area contributed by atoms with E-state index in [1.807, 2.05) is 4.90 Å². The molecule has 5 nitrogen and oxygen atoms in total. The largest absolute Gasteiger partial charge is 0.389 e. The van der Waals surface area contributed by atoms with E-state index >= 15 is 0 Å². The summed E-state index contributed by atoms with van der Waals surface area (Å²) in [5.74, 6) is 0.596. The van der Waals surface area contributed by atoms with Crippen molar-refractivity contribution in [2.24, 2.45) is 16.6 Å². The molecule has 9 heteroatoms. The van der Waals surface area contributed by atoms with E-state index in [2.05, 4.69) is 10.3 Å². The smallest absolute Gasteiger partial charge is 0.370 e. The lowest BCUT2D eigenvalue weighted by Gasteiger charge is -2.34. The molecular formula is C14H26F3IN4O. The lowest BCUT2D eigenvalue weighted by Crippen LogP contribution is -2.47. The average Bonchev–Trinajstić information content (AvgIpc) is 2.41. The number of aliphatic imine (C=N–C) groups is 1. The molecule has 0 radical (unpaired) electrons. The highest BCUT2D eigenvalue weighted by Crippen LogP contribution is 2.22. The summed E-state index contributed by atoms with van der Waals surface area (Å²) >= 11 is 0. The number of unbranched alkanes of at least 4 members (excludes halogenated alkanes) is 1. The zero-order chi connectivity index (χ0) is 16.6. The summed E-state index contributed by atoms with van der Waals surface area (Å²) in [6, 6.07) is 0. The number of hydrogen-bond donors (Lipinski definition) is 2. The van der Waals surface area contributed by atoms with Crippen molar-refractivity contribution in [2.75, 3.05) is 26.7 Å². The summed E-state index contributed by atoms with van der Waals surface area (Å²) in [7, 11) is 1.65. The summed E-state index contributed by atoms with van der Waals surface area (Å²) in [6.45, 7) is 1.99. The number of rotatable bonds is 6. The van der Waals surface area contributed by atoms with E-state index in [0.717, 1.165) is 19.4 Å². The third-order valence-corrected chi connectivity index (χ3v) is 3.69. The van der Waals surface area contributed by atoms with Crippen molar-refractivity contribution in [1.82, 2.24) is 10.2 Å². The minimum atomic E-state index is -4.09. The maximum Gasteiger partial charge on any atom is 0.389 e. The Morgan fingerprint density at radius 1 is 1.39 bits per heavy atom. The van der Waals surface area contributed by atoms with Gasteiger partial charge in [0.2, 0.25) is 5.91 Å². The van der Waals surface area contributed by atoms with E-state index in [1.165, 1.54) is 0 Å². The van der Waals surface area contributed by atoms with Crippen LogP contribution in [-0.4, -0.2) is 49.6 Å². The Balaban J connectivity index is 0.00000484. The predicted molar refractivity (Wildman–Crippen MR) is 94.8 cm³/mol. The second-order valence-corrected chi connectivity index (χ2v) is 5.67. The van der Waals surface area contributed by atoms with E-state index in [9.17, 15) is 18.0 Å². The first kappa shape index (κ1) is 22.3. The molecule has 1 heterocycles. The average molecular weight is 450 g/mol. The molecular weight excluding hydrogens is 424 g/mol. The quantitative estimate of drug-likeness (QED) is 0.283. The number of primary amides is 1. The van der Waals surface area contributed by atoms with Crippen molar-refractivity contribution < 1.29 is 18.0 Å². The molecule has 0 aliphatic carbocycles. The molecule has 136 valence electrons. The van der Waals surface area contributed by atoms with Crippen LogP contribution in [0.2, 0.25) is 0 Å². The number of piperidine rings is 1. The number of nitrogens with one attached hydrogen (secondary N) is 1. The summed E-state index contributed by atoms with van der Waals surface area (Å²) < 4.78 is 36.2. The fourth-order valence-corrected chi connectivity index (χ4v) is 2.69. The molecule has 1 aliphatic heterocycles. The molecule has 23 heavy (non-hydrogen) atoms. The number of carbonyl (C=O) groups excluding carboxylic acids is 1. The van der Waals surface area contributed by atoms with Crippen LogP contribution < -0.4 is 11.1 Å². The summed E-state index contributed by atoms with van der Waals surface area (Å²) in [4.78, 5) is 17.2. The molecule has 1 aliphatic rings. The van der Waals surface area contributed by atoms with Crippen LogP contribution in [-0.2, 0) is 4.79 Å². The highest BCUT2D eigenvalue weighted by atomic mass is 127. The molecule has 1 unspecified atom stereocenters. The van der Waals surface area contributed by atoms with Gasteiger partial charge in [-0.25, -0.2) is 0 Å². The molecule has 1 rings (SSSR count). The topological polar surface area (TPSA) is 70.7 Å². The molecule has 1 amide bonds. The van der Waals surface area contributed by atoms with Crippen LogP contribution >= 0.6 is 24.0 Å². The molecule has 1 saturated heterocycles. The molecule has 1 atom stereocenters. The molecule has 0 aromatic heterocycles. The van der Waals surface area contributed by atoms with E-state index < -0.39 is 12.6 Å². The van der Waals surface area contributed by atoms with E-state index in [-0.39, 0.29) is 42.2 Å². The third kappa shape index (κ3) is 9.87. The Kier molecular flexibility index (Phi) is 10.6. The highest BCUT2D eigenvalue weighted by molar-refractivity contribution is 14.0. The van der Waals surface area contributed by atoms with E-state index in [4.69, 9.17) is 5.73 Å². The van der Waals surface area contributed by atoms with Crippen molar-refractivity contribution >= 4 is 35.8 Å². The predicted octanol–water partition coefficient (Wildman–Crippen LogP) is 2.50. The van der Waals surface area contributed by atoms with Crippen LogP contribution in [0.3, 0.4) is 0 Å². The number of alkyl halides is 3. The van der Waals surface area contributed by atoms with Gasteiger partial charge in [0.25, 0.3) is 0 Å². The Morgan fingerprint density at radius 3 is 2.65 bits per heavy atom. The maximum atomic E-state index is 12.1. The van der Waals surface area contributed by atoms with Crippen LogP contribution in [0.1, 0.15) is 38.5 Å². The number of amides is 1. The zero-order valence-corrected chi connectivity index (χ0v) is 15.7. The van der Waals surface area contributed by atoms with Gasteiger partial charge in [-0.2, -0.15) is 13.2 Å². The van der Waals surface area contributed by atoms with Gasteiger partial charge in [-0.15, -0.1) is 24.0 Å². The van der Waals surface area contributed by atoms with Gasteiger partial charge in [-0.1, -0.05) is 0 Å². The summed E-state index contributed by atoms with van der Waals surface area (Å²) in [5, 5.41) is 3.09. The molecule has 0 aromatic carbocycles. The number of carbonyl (C=O) groups is 1. The van der Waals surface area contributed by atoms with Crippen LogP contribution in [0.25, 0.3) is 0 Å². The maximum absolute atomic E-state index is 12.1. The second kappa shape index (κ2) is 10.9. The Hall–Kier alpha value is -0.740. The first-order valence-corrected chi connectivity index (χ1v) is 7.62.